The number of hydrogen-bond donors (Lipinski definition) is 1. The number of nitrogens with zero attached hydrogens (tertiary/aromatic N) is 2. The molecular formula is C20H18ClN3O3S. The second kappa shape index (κ2) is 7.85. The van der Waals surface area contributed by atoms with Crippen molar-refractivity contribution in [2.24, 2.45) is 0 Å². The van der Waals surface area contributed by atoms with E-state index in [2.05, 4.69) is 11.4 Å². The SMILES string of the molecule is O=C(NC1CCCC(c2nc3ccccc3s2)C1)c1cc([N+](=O)[O-])ccc1Cl. The van der Waals surface area contributed by atoms with Gasteiger partial charge in [-0.3, -0.25) is 14.9 Å². The number of nitro groups is 1. The Bertz CT molecular complexity index is 1020. The average Bonchev–Trinajstić information content (AvgIpc) is 3.12. The van der Waals surface area contributed by atoms with Crippen LogP contribution < -0.4 is 5.32 Å². The molecule has 1 amide bonds. The van der Waals surface area contributed by atoms with Gasteiger partial charge in [0.25, 0.3) is 11.6 Å². The molecule has 1 aliphatic rings. The summed E-state index contributed by atoms with van der Waals surface area (Å²) < 4.78 is 1.17. The maximum atomic E-state index is 12.7. The number of non-ortho nitro benzene ring substituents is 1. The summed E-state index contributed by atoms with van der Waals surface area (Å²) in [6.45, 7) is 0. The first-order valence-electron chi connectivity index (χ1n) is 9.11. The Hall–Kier alpha value is -2.51. The fraction of sp³-hybridized carbons (Fsp3) is 0.300. The van der Waals surface area contributed by atoms with Crippen LogP contribution in [0.3, 0.4) is 0 Å². The summed E-state index contributed by atoms with van der Waals surface area (Å²) in [6, 6.07) is 12.0. The molecule has 1 fully saturated rings. The third kappa shape index (κ3) is 3.86. The van der Waals surface area contributed by atoms with E-state index < -0.39 is 4.92 Å². The van der Waals surface area contributed by atoms with E-state index in [4.69, 9.17) is 16.6 Å². The van der Waals surface area contributed by atoms with Gasteiger partial charge in [0, 0.05) is 24.1 Å². The van der Waals surface area contributed by atoms with Gasteiger partial charge in [0.1, 0.15) is 0 Å². The molecule has 0 saturated heterocycles. The Morgan fingerprint density at radius 3 is 2.86 bits per heavy atom. The van der Waals surface area contributed by atoms with Gasteiger partial charge in [-0.1, -0.05) is 30.2 Å². The van der Waals surface area contributed by atoms with E-state index in [9.17, 15) is 14.9 Å². The number of para-hydroxylation sites is 1. The fourth-order valence-electron chi connectivity index (χ4n) is 3.67. The number of fused-ring (bicyclic) bond motifs is 1. The second-order valence-corrected chi connectivity index (χ2v) is 8.44. The molecule has 1 heterocycles. The molecule has 0 spiro atoms. The molecule has 1 aliphatic carbocycles. The van der Waals surface area contributed by atoms with Crippen molar-refractivity contribution in [3.8, 4) is 0 Å². The van der Waals surface area contributed by atoms with Crippen molar-refractivity contribution in [1.82, 2.24) is 10.3 Å². The summed E-state index contributed by atoms with van der Waals surface area (Å²) >= 11 is 7.80. The average molecular weight is 416 g/mol. The number of nitrogens with one attached hydrogen (secondary N) is 1. The lowest BCUT2D eigenvalue weighted by molar-refractivity contribution is -0.384. The van der Waals surface area contributed by atoms with Crippen LogP contribution >= 0.6 is 22.9 Å². The van der Waals surface area contributed by atoms with Crippen LogP contribution in [0.4, 0.5) is 5.69 Å². The summed E-state index contributed by atoms with van der Waals surface area (Å²) in [4.78, 5) is 27.9. The van der Waals surface area contributed by atoms with E-state index in [0.717, 1.165) is 36.2 Å². The van der Waals surface area contributed by atoms with Crippen LogP contribution in [-0.4, -0.2) is 21.9 Å². The molecule has 1 saturated carbocycles. The zero-order valence-corrected chi connectivity index (χ0v) is 16.5. The highest BCUT2D eigenvalue weighted by molar-refractivity contribution is 7.18. The quantitative estimate of drug-likeness (QED) is 0.462. The number of rotatable bonds is 4. The zero-order chi connectivity index (χ0) is 19.7. The van der Waals surface area contributed by atoms with E-state index in [1.807, 2.05) is 18.2 Å². The smallest absolute Gasteiger partial charge is 0.270 e. The normalized spacial score (nSPS) is 19.5. The third-order valence-corrected chi connectivity index (χ3v) is 6.60. The van der Waals surface area contributed by atoms with E-state index in [0.29, 0.717) is 5.92 Å². The molecule has 144 valence electrons. The number of hydrogen-bond acceptors (Lipinski definition) is 5. The highest BCUT2D eigenvalue weighted by Gasteiger charge is 2.27. The van der Waals surface area contributed by atoms with Crippen molar-refractivity contribution in [2.75, 3.05) is 0 Å². The molecule has 2 unspecified atom stereocenters. The summed E-state index contributed by atoms with van der Waals surface area (Å²) in [6.07, 6.45) is 3.72. The number of carbonyl (C=O) groups is 1. The van der Waals surface area contributed by atoms with Crippen molar-refractivity contribution in [3.63, 3.8) is 0 Å². The van der Waals surface area contributed by atoms with Gasteiger partial charge in [0.15, 0.2) is 0 Å². The van der Waals surface area contributed by atoms with Crippen LogP contribution in [0.25, 0.3) is 10.2 Å². The lowest BCUT2D eigenvalue weighted by atomic mass is 9.86. The predicted molar refractivity (Wildman–Crippen MR) is 110 cm³/mol. The van der Waals surface area contributed by atoms with Crippen LogP contribution in [0.15, 0.2) is 42.5 Å². The predicted octanol–water partition coefficient (Wildman–Crippen LogP) is 5.31. The molecule has 6 nitrogen and oxygen atoms in total. The minimum atomic E-state index is -0.531. The van der Waals surface area contributed by atoms with Crippen molar-refractivity contribution < 1.29 is 9.72 Å². The van der Waals surface area contributed by atoms with Gasteiger partial charge in [0.05, 0.1) is 30.7 Å². The molecule has 1 aromatic heterocycles. The number of thiazole rings is 1. The number of halogens is 1. The van der Waals surface area contributed by atoms with E-state index in [1.54, 1.807) is 11.3 Å². The Balaban J connectivity index is 1.48. The number of amides is 1. The zero-order valence-electron chi connectivity index (χ0n) is 14.9. The lowest BCUT2D eigenvalue weighted by Crippen LogP contribution is -2.38. The maximum Gasteiger partial charge on any atom is 0.270 e. The number of aromatic nitrogens is 1. The molecule has 28 heavy (non-hydrogen) atoms. The summed E-state index contributed by atoms with van der Waals surface area (Å²) in [7, 11) is 0. The molecule has 2 aromatic carbocycles. The van der Waals surface area contributed by atoms with E-state index in [1.165, 1.54) is 22.9 Å². The van der Waals surface area contributed by atoms with Gasteiger partial charge in [-0.2, -0.15) is 0 Å². The summed E-state index contributed by atoms with van der Waals surface area (Å²) in [5.41, 5.74) is 1.00. The van der Waals surface area contributed by atoms with Crippen LogP contribution in [0, 0.1) is 10.1 Å². The van der Waals surface area contributed by atoms with Crippen molar-refractivity contribution >= 4 is 44.7 Å². The number of carbonyl (C=O) groups excluding carboxylic acids is 1. The first-order chi connectivity index (χ1) is 13.5. The van der Waals surface area contributed by atoms with E-state index >= 15 is 0 Å². The molecule has 3 aromatic rings. The molecule has 1 N–H and O–H groups in total. The molecule has 8 heteroatoms. The van der Waals surface area contributed by atoms with Gasteiger partial charge in [-0.25, -0.2) is 4.98 Å². The summed E-state index contributed by atoms with van der Waals surface area (Å²) in [5, 5.41) is 15.3. The van der Waals surface area contributed by atoms with Crippen molar-refractivity contribution in [3.05, 3.63) is 68.2 Å². The Morgan fingerprint density at radius 2 is 2.07 bits per heavy atom. The molecule has 0 aliphatic heterocycles. The lowest BCUT2D eigenvalue weighted by Gasteiger charge is -2.28. The van der Waals surface area contributed by atoms with Crippen molar-refractivity contribution in [1.29, 1.82) is 0 Å². The van der Waals surface area contributed by atoms with Gasteiger partial charge in [0.2, 0.25) is 0 Å². The first-order valence-corrected chi connectivity index (χ1v) is 10.3. The fourth-order valence-corrected chi connectivity index (χ4v) is 4.99. The van der Waals surface area contributed by atoms with Gasteiger partial charge < -0.3 is 5.32 Å². The van der Waals surface area contributed by atoms with Crippen LogP contribution in [0.5, 0.6) is 0 Å². The third-order valence-electron chi connectivity index (χ3n) is 5.07. The van der Waals surface area contributed by atoms with Gasteiger partial charge in [-0.05, 0) is 37.5 Å². The first kappa shape index (κ1) is 18.8. The topological polar surface area (TPSA) is 85.1 Å². The van der Waals surface area contributed by atoms with Gasteiger partial charge >= 0.3 is 0 Å². The highest BCUT2D eigenvalue weighted by atomic mass is 35.5. The highest BCUT2D eigenvalue weighted by Crippen LogP contribution is 2.37. The van der Waals surface area contributed by atoms with Crippen LogP contribution in [0.1, 0.15) is 47.0 Å². The molecular weight excluding hydrogens is 398 g/mol. The standard InChI is InChI=1S/C20H18ClN3O3S/c21-16-9-8-14(24(26)27)11-15(16)19(25)22-13-5-3-4-12(10-13)20-23-17-6-1-2-7-18(17)28-20/h1-2,6-9,11-13H,3-5,10H2,(H,22,25). The summed E-state index contributed by atoms with van der Waals surface area (Å²) in [5.74, 6) is -0.0688. The Labute approximate surface area is 170 Å². The molecule has 4 rings (SSSR count). The minimum absolute atomic E-state index is 0.00593. The minimum Gasteiger partial charge on any atom is -0.349 e. The largest absolute Gasteiger partial charge is 0.349 e. The van der Waals surface area contributed by atoms with Crippen LogP contribution in [-0.2, 0) is 0 Å². The van der Waals surface area contributed by atoms with E-state index in [-0.39, 0.29) is 28.2 Å². The monoisotopic (exact) mass is 415 g/mol. The number of nitro benzene ring substituents is 1. The second-order valence-electron chi connectivity index (χ2n) is 6.98. The molecule has 0 bridgehead atoms. The molecule has 0 radical (unpaired) electrons. The maximum absolute atomic E-state index is 12.7. The Morgan fingerprint density at radius 1 is 1.25 bits per heavy atom. The molecule has 2 atom stereocenters. The van der Waals surface area contributed by atoms with Gasteiger partial charge in [-0.15, -0.1) is 11.3 Å². The Kier molecular flexibility index (Phi) is 5.28. The van der Waals surface area contributed by atoms with Crippen LogP contribution in [0.2, 0.25) is 5.02 Å². The number of benzene rings is 2. The van der Waals surface area contributed by atoms with Crippen molar-refractivity contribution in [2.45, 2.75) is 37.6 Å².